The molecule has 2 heterocycles. The van der Waals surface area contributed by atoms with Gasteiger partial charge in [0.05, 0.1) is 9.86 Å². The van der Waals surface area contributed by atoms with Crippen LogP contribution in [0.5, 0.6) is 5.75 Å². The first-order valence-electron chi connectivity index (χ1n) is 7.10. The van der Waals surface area contributed by atoms with Crippen LogP contribution in [0.25, 0.3) is 22.3 Å². The van der Waals surface area contributed by atoms with Crippen molar-refractivity contribution in [2.75, 3.05) is 0 Å². The molecule has 0 atom stereocenters. The number of amides is 1. The minimum Gasteiger partial charge on any atom is -0.502 e. The van der Waals surface area contributed by atoms with Crippen LogP contribution in [0.15, 0.2) is 50.3 Å². The van der Waals surface area contributed by atoms with Gasteiger partial charge in [0.2, 0.25) is 17.1 Å². The van der Waals surface area contributed by atoms with E-state index in [0.29, 0.717) is 21.2 Å². The lowest BCUT2D eigenvalue weighted by atomic mass is 10.1. The third-order valence-corrected chi connectivity index (χ3v) is 4.06. The number of rotatable bonds is 3. The highest BCUT2D eigenvalue weighted by Crippen LogP contribution is 2.33. The Balaban J connectivity index is 2.19. The minimum absolute atomic E-state index is 0.0882. The maximum absolute atomic E-state index is 12.5. The topological polar surface area (TPSA) is 92.4 Å². The summed E-state index contributed by atoms with van der Waals surface area (Å²) in [4.78, 5) is 27.5. The minimum atomic E-state index is -0.534. The van der Waals surface area contributed by atoms with Gasteiger partial charge in [0.25, 0.3) is 0 Å². The fourth-order valence-electron chi connectivity index (χ4n) is 2.33. The number of carbonyl (C=O) groups is 1. The molecule has 0 aliphatic heterocycles. The molecule has 0 aliphatic rings. The van der Waals surface area contributed by atoms with Crippen LogP contribution in [0.2, 0.25) is 0 Å². The van der Waals surface area contributed by atoms with E-state index in [0.717, 1.165) is 0 Å². The van der Waals surface area contributed by atoms with E-state index in [9.17, 15) is 14.7 Å². The normalized spacial score (nSPS) is 10.8. The molecule has 0 fully saturated rings. The van der Waals surface area contributed by atoms with Gasteiger partial charge in [-0.15, -0.1) is 0 Å². The highest BCUT2D eigenvalue weighted by Gasteiger charge is 2.17. The number of aromatic nitrogens is 1. The van der Waals surface area contributed by atoms with E-state index in [2.05, 4.69) is 26.2 Å². The van der Waals surface area contributed by atoms with Crippen molar-refractivity contribution >= 4 is 32.8 Å². The third kappa shape index (κ3) is 3.03. The Bertz CT molecular complexity index is 983. The molecule has 3 aromatic rings. The molecule has 24 heavy (non-hydrogen) atoms. The molecule has 0 unspecified atom stereocenters. The molecule has 2 aromatic heterocycles. The van der Waals surface area contributed by atoms with Crippen molar-refractivity contribution in [2.45, 2.75) is 13.5 Å². The standard InChI is InChI=1S/C17H13BrN2O4/c1-9(21)20-8-10-6-12-14(22)15(23)16(11-2-4-19-5-3-11)24-17(12)13(18)7-10/h2-7,23H,8H2,1H3,(H,20,21). The van der Waals surface area contributed by atoms with Gasteiger partial charge in [0, 0.05) is 31.4 Å². The van der Waals surface area contributed by atoms with Gasteiger partial charge in [-0.3, -0.25) is 14.6 Å². The number of pyridine rings is 1. The van der Waals surface area contributed by atoms with Crippen molar-refractivity contribution in [1.82, 2.24) is 10.3 Å². The summed E-state index contributed by atoms with van der Waals surface area (Å²) in [7, 11) is 0. The average molecular weight is 389 g/mol. The van der Waals surface area contributed by atoms with Gasteiger partial charge in [-0.05, 0) is 45.8 Å². The first kappa shape index (κ1) is 16.2. The van der Waals surface area contributed by atoms with Crippen LogP contribution in [0, 0.1) is 0 Å². The molecule has 1 amide bonds. The number of aromatic hydroxyl groups is 1. The summed E-state index contributed by atoms with van der Waals surface area (Å²) in [5.74, 6) is -0.545. The molecule has 2 N–H and O–H groups in total. The van der Waals surface area contributed by atoms with E-state index in [4.69, 9.17) is 4.42 Å². The van der Waals surface area contributed by atoms with Crippen LogP contribution < -0.4 is 10.7 Å². The number of hydrogen-bond acceptors (Lipinski definition) is 5. The molecule has 3 rings (SSSR count). The lowest BCUT2D eigenvalue weighted by Crippen LogP contribution is -2.19. The number of halogens is 1. The Morgan fingerprint density at radius 2 is 2.04 bits per heavy atom. The zero-order chi connectivity index (χ0) is 17.3. The Labute approximate surface area is 145 Å². The van der Waals surface area contributed by atoms with E-state index in [1.807, 2.05) is 0 Å². The number of benzene rings is 1. The number of fused-ring (bicyclic) bond motifs is 1. The van der Waals surface area contributed by atoms with Crippen molar-refractivity contribution in [3.8, 4) is 17.1 Å². The summed E-state index contributed by atoms with van der Waals surface area (Å²) in [6, 6.07) is 6.64. The summed E-state index contributed by atoms with van der Waals surface area (Å²) in [6.07, 6.45) is 3.09. The van der Waals surface area contributed by atoms with E-state index in [1.54, 1.807) is 36.7 Å². The van der Waals surface area contributed by atoms with E-state index < -0.39 is 11.2 Å². The average Bonchev–Trinajstić information content (AvgIpc) is 2.57. The fourth-order valence-corrected chi connectivity index (χ4v) is 2.92. The second kappa shape index (κ2) is 6.45. The van der Waals surface area contributed by atoms with E-state index in [1.165, 1.54) is 6.92 Å². The summed E-state index contributed by atoms with van der Waals surface area (Å²) in [5, 5.41) is 13.1. The van der Waals surface area contributed by atoms with Crippen molar-refractivity contribution in [1.29, 1.82) is 0 Å². The molecule has 0 spiro atoms. The molecular formula is C17H13BrN2O4. The Morgan fingerprint density at radius 3 is 2.71 bits per heavy atom. The first-order valence-corrected chi connectivity index (χ1v) is 7.89. The number of hydrogen-bond donors (Lipinski definition) is 2. The second-order valence-electron chi connectivity index (χ2n) is 5.21. The Kier molecular flexibility index (Phi) is 4.35. The maximum Gasteiger partial charge on any atom is 0.235 e. The molecule has 0 aliphatic carbocycles. The van der Waals surface area contributed by atoms with Crippen molar-refractivity contribution in [3.63, 3.8) is 0 Å². The van der Waals surface area contributed by atoms with Gasteiger partial charge in [-0.25, -0.2) is 0 Å². The van der Waals surface area contributed by atoms with Crippen LogP contribution in [0.4, 0.5) is 0 Å². The van der Waals surface area contributed by atoms with Gasteiger partial charge in [0.1, 0.15) is 0 Å². The molecular weight excluding hydrogens is 376 g/mol. The first-order chi connectivity index (χ1) is 11.5. The highest BCUT2D eigenvalue weighted by atomic mass is 79.9. The van der Waals surface area contributed by atoms with Gasteiger partial charge in [0.15, 0.2) is 11.3 Å². The zero-order valence-corrected chi connectivity index (χ0v) is 14.3. The van der Waals surface area contributed by atoms with Gasteiger partial charge in [-0.2, -0.15) is 0 Å². The predicted octanol–water partition coefficient (Wildman–Crippen LogP) is 2.96. The molecule has 0 saturated carbocycles. The predicted molar refractivity (Wildman–Crippen MR) is 92.6 cm³/mol. The lowest BCUT2D eigenvalue weighted by molar-refractivity contribution is -0.119. The largest absolute Gasteiger partial charge is 0.502 e. The van der Waals surface area contributed by atoms with Crippen LogP contribution in [0.1, 0.15) is 12.5 Å². The number of nitrogens with zero attached hydrogens (tertiary/aromatic N) is 1. The molecule has 7 heteroatoms. The zero-order valence-electron chi connectivity index (χ0n) is 12.7. The summed E-state index contributed by atoms with van der Waals surface area (Å²) >= 11 is 3.38. The number of nitrogens with one attached hydrogen (secondary N) is 1. The molecule has 0 bridgehead atoms. The van der Waals surface area contributed by atoms with Crippen LogP contribution in [0.3, 0.4) is 0 Å². The van der Waals surface area contributed by atoms with Gasteiger partial charge in [-0.1, -0.05) is 0 Å². The molecule has 122 valence electrons. The second-order valence-corrected chi connectivity index (χ2v) is 6.06. The van der Waals surface area contributed by atoms with Gasteiger partial charge < -0.3 is 14.8 Å². The molecule has 0 saturated heterocycles. The summed E-state index contributed by atoms with van der Waals surface area (Å²) in [6.45, 7) is 1.69. The van der Waals surface area contributed by atoms with Gasteiger partial charge >= 0.3 is 0 Å². The SMILES string of the molecule is CC(=O)NCc1cc(Br)c2oc(-c3ccncc3)c(O)c(=O)c2c1. The molecule has 0 radical (unpaired) electrons. The van der Waals surface area contributed by atoms with Crippen molar-refractivity contribution < 1.29 is 14.3 Å². The van der Waals surface area contributed by atoms with E-state index in [-0.39, 0.29) is 23.6 Å². The summed E-state index contributed by atoms with van der Waals surface area (Å²) in [5.41, 5.74) is 1.06. The van der Waals surface area contributed by atoms with E-state index >= 15 is 0 Å². The monoisotopic (exact) mass is 388 g/mol. The fraction of sp³-hybridized carbons (Fsp3) is 0.118. The smallest absolute Gasteiger partial charge is 0.235 e. The van der Waals surface area contributed by atoms with Crippen LogP contribution in [-0.2, 0) is 11.3 Å². The quantitative estimate of drug-likeness (QED) is 0.719. The third-order valence-electron chi connectivity index (χ3n) is 3.47. The number of carbonyl (C=O) groups excluding carboxylic acids is 1. The van der Waals surface area contributed by atoms with Crippen molar-refractivity contribution in [3.05, 3.63) is 56.9 Å². The van der Waals surface area contributed by atoms with Crippen LogP contribution in [-0.4, -0.2) is 16.0 Å². The molecule has 6 nitrogen and oxygen atoms in total. The highest BCUT2D eigenvalue weighted by molar-refractivity contribution is 9.10. The maximum atomic E-state index is 12.5. The van der Waals surface area contributed by atoms with Crippen LogP contribution >= 0.6 is 15.9 Å². The Morgan fingerprint density at radius 1 is 1.33 bits per heavy atom. The summed E-state index contributed by atoms with van der Waals surface area (Å²) < 4.78 is 6.32. The van der Waals surface area contributed by atoms with Crippen molar-refractivity contribution in [2.24, 2.45) is 0 Å². The lowest BCUT2D eigenvalue weighted by Gasteiger charge is -2.09. The Hall–Kier alpha value is -2.67. The molecule has 1 aromatic carbocycles.